The van der Waals surface area contributed by atoms with E-state index in [0.29, 0.717) is 12.1 Å². The summed E-state index contributed by atoms with van der Waals surface area (Å²) in [7, 11) is -0.930. The lowest BCUT2D eigenvalue weighted by molar-refractivity contribution is 0.172. The third-order valence-electron chi connectivity index (χ3n) is 6.19. The molecule has 0 aromatic carbocycles. The van der Waals surface area contributed by atoms with E-state index in [0.717, 1.165) is 56.7 Å². The van der Waals surface area contributed by atoms with E-state index >= 15 is 0 Å². The highest BCUT2D eigenvalue weighted by atomic mass is 32.2. The van der Waals surface area contributed by atoms with Gasteiger partial charge in [-0.05, 0) is 89.1 Å². The van der Waals surface area contributed by atoms with Crippen molar-refractivity contribution in [1.29, 1.82) is 0 Å². The van der Waals surface area contributed by atoms with Crippen LogP contribution in [0.2, 0.25) is 0 Å². The van der Waals surface area contributed by atoms with Gasteiger partial charge in [-0.3, -0.25) is 0 Å². The van der Waals surface area contributed by atoms with Crippen LogP contribution >= 0.6 is 20.3 Å². The summed E-state index contributed by atoms with van der Waals surface area (Å²) in [6, 6.07) is 0.892. The maximum absolute atomic E-state index is 6.22. The third-order valence-corrected chi connectivity index (χ3v) is 9.49. The average molecular weight is 456 g/mol. The summed E-state index contributed by atoms with van der Waals surface area (Å²) in [6.45, 7) is 12.7. The number of unbranched alkanes of at least 4 members (excludes halogenated alkanes) is 3. The molecule has 174 valence electrons. The van der Waals surface area contributed by atoms with Gasteiger partial charge in [0, 0.05) is 24.9 Å². The van der Waals surface area contributed by atoms with Crippen molar-refractivity contribution in [2.75, 3.05) is 24.7 Å². The van der Waals surface area contributed by atoms with Gasteiger partial charge < -0.3 is 9.05 Å². The summed E-state index contributed by atoms with van der Waals surface area (Å²) in [5, 5.41) is 0. The monoisotopic (exact) mass is 455 g/mol. The molecule has 3 nitrogen and oxygen atoms in total. The molecule has 0 aliphatic heterocycles. The molecule has 0 amide bonds. The standard InChI is InChI=1S/C25H46NO2PS/c1-6-17-27-29(26(21(2)3)22(4)5)28-18-13-9-10-14-19-30-20-25-23-15-11-7-8-12-16-24(23)25/h21-25H,6,9-20H2,1-5H3/t23-,24+,25?,29?. The summed E-state index contributed by atoms with van der Waals surface area (Å²) in [5.41, 5.74) is 0. The predicted octanol–water partition coefficient (Wildman–Crippen LogP) is 7.51. The third kappa shape index (κ3) is 9.38. The van der Waals surface area contributed by atoms with Gasteiger partial charge in [0.25, 0.3) is 8.53 Å². The zero-order chi connectivity index (χ0) is 21.8. The molecule has 2 aliphatic carbocycles. The minimum absolute atomic E-state index is 0.446. The van der Waals surface area contributed by atoms with Gasteiger partial charge in [0.1, 0.15) is 0 Å². The van der Waals surface area contributed by atoms with Crippen LogP contribution in [0.1, 0.15) is 92.4 Å². The van der Waals surface area contributed by atoms with Crippen molar-refractivity contribution < 1.29 is 9.05 Å². The summed E-state index contributed by atoms with van der Waals surface area (Å²) in [6.07, 6.45) is 11.1. The average Bonchev–Trinajstić information content (AvgIpc) is 3.32. The largest absolute Gasteiger partial charge is 0.322 e. The number of rotatable bonds is 16. The fourth-order valence-electron chi connectivity index (χ4n) is 4.62. The molecule has 5 heteroatoms. The molecule has 1 saturated carbocycles. The topological polar surface area (TPSA) is 21.7 Å². The second kappa shape index (κ2) is 15.1. The Morgan fingerprint density at radius 2 is 1.50 bits per heavy atom. The van der Waals surface area contributed by atoms with E-state index < -0.39 is 8.53 Å². The van der Waals surface area contributed by atoms with Crippen molar-refractivity contribution in [2.24, 2.45) is 17.8 Å². The van der Waals surface area contributed by atoms with Gasteiger partial charge in [0.05, 0.1) is 13.2 Å². The molecule has 0 aromatic rings. The lowest BCUT2D eigenvalue weighted by Gasteiger charge is -2.35. The van der Waals surface area contributed by atoms with Crippen molar-refractivity contribution in [1.82, 2.24) is 4.67 Å². The van der Waals surface area contributed by atoms with Crippen LogP contribution in [0, 0.1) is 29.6 Å². The van der Waals surface area contributed by atoms with Gasteiger partial charge in [-0.2, -0.15) is 11.8 Å². The van der Waals surface area contributed by atoms with Crippen molar-refractivity contribution in [3.05, 3.63) is 0 Å². The van der Waals surface area contributed by atoms with Crippen molar-refractivity contribution in [3.8, 4) is 11.8 Å². The molecule has 0 saturated heterocycles. The lowest BCUT2D eigenvalue weighted by atomic mass is 10.1. The fourth-order valence-corrected chi connectivity index (χ4v) is 7.68. The summed E-state index contributed by atoms with van der Waals surface area (Å²) >= 11 is 2.20. The molecule has 4 atom stereocenters. The van der Waals surface area contributed by atoms with Gasteiger partial charge in [-0.1, -0.05) is 19.8 Å². The highest BCUT2D eigenvalue weighted by Gasteiger charge is 2.47. The van der Waals surface area contributed by atoms with Crippen molar-refractivity contribution in [2.45, 2.75) is 104 Å². The predicted molar refractivity (Wildman–Crippen MR) is 134 cm³/mol. The van der Waals surface area contributed by atoms with Crippen LogP contribution in [-0.4, -0.2) is 41.5 Å². The maximum atomic E-state index is 6.22. The Labute approximate surface area is 192 Å². The molecule has 1 fully saturated rings. The minimum Gasteiger partial charge on any atom is -0.322 e. The highest BCUT2D eigenvalue weighted by molar-refractivity contribution is 7.99. The smallest absolute Gasteiger partial charge is 0.259 e. The van der Waals surface area contributed by atoms with E-state index in [1.54, 1.807) is 0 Å². The van der Waals surface area contributed by atoms with E-state index in [9.17, 15) is 0 Å². The maximum Gasteiger partial charge on any atom is 0.259 e. The van der Waals surface area contributed by atoms with E-state index in [1.165, 1.54) is 43.6 Å². The molecule has 2 unspecified atom stereocenters. The van der Waals surface area contributed by atoms with Crippen LogP contribution in [0.4, 0.5) is 0 Å². The number of nitrogens with zero attached hydrogens (tertiary/aromatic N) is 1. The summed E-state index contributed by atoms with van der Waals surface area (Å²) < 4.78 is 14.7. The molecule has 2 rings (SSSR count). The van der Waals surface area contributed by atoms with Gasteiger partial charge in [-0.15, -0.1) is 11.8 Å². The Kier molecular flexibility index (Phi) is 13.3. The number of fused-ring (bicyclic) bond motifs is 1. The second-order valence-corrected chi connectivity index (χ2v) is 12.0. The van der Waals surface area contributed by atoms with Crippen LogP contribution in [0.3, 0.4) is 0 Å². The van der Waals surface area contributed by atoms with E-state index in [4.69, 9.17) is 9.05 Å². The summed E-state index contributed by atoms with van der Waals surface area (Å²) in [4.78, 5) is 0. The molecule has 0 bridgehead atoms. The molecule has 0 N–H and O–H groups in total. The molecule has 0 radical (unpaired) electrons. The highest BCUT2D eigenvalue weighted by Crippen LogP contribution is 2.53. The summed E-state index contributed by atoms with van der Waals surface area (Å²) in [5.74, 6) is 12.4. The Bertz CT molecular complexity index is 493. The molecule has 30 heavy (non-hydrogen) atoms. The van der Waals surface area contributed by atoms with E-state index in [2.05, 4.69) is 62.9 Å². The molecular formula is C25H46NO2PS. The molecule has 0 aromatic heterocycles. The second-order valence-electron chi connectivity index (χ2n) is 9.38. The first kappa shape index (κ1) is 26.5. The van der Waals surface area contributed by atoms with E-state index in [1.807, 2.05) is 0 Å². The van der Waals surface area contributed by atoms with Crippen LogP contribution in [0.5, 0.6) is 0 Å². The van der Waals surface area contributed by atoms with Crippen LogP contribution in [0.15, 0.2) is 0 Å². The molecule has 0 heterocycles. The number of thioether (sulfide) groups is 1. The van der Waals surface area contributed by atoms with Gasteiger partial charge in [0.2, 0.25) is 0 Å². The van der Waals surface area contributed by atoms with Gasteiger partial charge in [-0.25, -0.2) is 4.67 Å². The molecular weight excluding hydrogens is 409 g/mol. The van der Waals surface area contributed by atoms with Crippen LogP contribution in [-0.2, 0) is 9.05 Å². The molecule has 0 spiro atoms. The first-order valence-corrected chi connectivity index (χ1v) is 14.7. The first-order chi connectivity index (χ1) is 14.6. The Balaban J connectivity index is 1.50. The van der Waals surface area contributed by atoms with Crippen LogP contribution < -0.4 is 0 Å². The number of hydrogen-bond donors (Lipinski definition) is 0. The van der Waals surface area contributed by atoms with Gasteiger partial charge >= 0.3 is 0 Å². The molecule has 2 aliphatic rings. The quantitative estimate of drug-likeness (QED) is 0.136. The lowest BCUT2D eigenvalue weighted by Crippen LogP contribution is -2.33. The zero-order valence-electron chi connectivity index (χ0n) is 20.2. The van der Waals surface area contributed by atoms with Gasteiger partial charge in [0.15, 0.2) is 0 Å². The number of hydrogen-bond acceptors (Lipinski definition) is 4. The Morgan fingerprint density at radius 1 is 0.900 bits per heavy atom. The van der Waals surface area contributed by atoms with E-state index in [-0.39, 0.29) is 0 Å². The minimum atomic E-state index is -0.930. The Morgan fingerprint density at radius 3 is 2.10 bits per heavy atom. The SMILES string of the molecule is CCCOP(OCCCCCCSCC1[C@H]2CCC#CCC[C@@H]12)N(C(C)C)C(C)C. The van der Waals surface area contributed by atoms with Crippen molar-refractivity contribution in [3.63, 3.8) is 0 Å². The van der Waals surface area contributed by atoms with Crippen LogP contribution in [0.25, 0.3) is 0 Å². The fraction of sp³-hybridized carbons (Fsp3) is 0.920. The Hall–Kier alpha value is 0.220. The van der Waals surface area contributed by atoms with Crippen molar-refractivity contribution >= 4 is 20.3 Å². The first-order valence-electron chi connectivity index (χ1n) is 12.4. The normalized spacial score (nSPS) is 24.3. The zero-order valence-corrected chi connectivity index (χ0v) is 21.9.